The van der Waals surface area contributed by atoms with Gasteiger partial charge in [0.15, 0.2) is 5.82 Å². The number of rotatable bonds is 3. The molecule has 0 saturated carbocycles. The highest BCUT2D eigenvalue weighted by molar-refractivity contribution is 5.25. The van der Waals surface area contributed by atoms with E-state index in [1.807, 2.05) is 13.1 Å². The van der Waals surface area contributed by atoms with Crippen molar-refractivity contribution in [2.24, 2.45) is 7.05 Å². The zero-order valence-electron chi connectivity index (χ0n) is 12.2. The average Bonchev–Trinajstić information content (AvgIpc) is 3.06. The first kappa shape index (κ1) is 12.9. The van der Waals surface area contributed by atoms with Gasteiger partial charge in [-0.1, -0.05) is 30.3 Å². The van der Waals surface area contributed by atoms with Crippen molar-refractivity contribution in [3.8, 4) is 0 Å². The highest BCUT2D eigenvalue weighted by atomic mass is 15.6. The van der Waals surface area contributed by atoms with Crippen LogP contribution in [0.15, 0.2) is 30.3 Å². The number of benzene rings is 1. The quantitative estimate of drug-likeness (QED) is 0.900. The predicted octanol–water partition coefficient (Wildman–Crippen LogP) is 0.736. The van der Waals surface area contributed by atoms with E-state index in [1.54, 1.807) is 4.80 Å². The number of aromatic nitrogens is 4. The van der Waals surface area contributed by atoms with Crippen molar-refractivity contribution in [3.63, 3.8) is 0 Å². The molecule has 2 fully saturated rings. The first-order valence-electron chi connectivity index (χ1n) is 7.58. The topological polar surface area (TPSA) is 58.9 Å². The summed E-state index contributed by atoms with van der Waals surface area (Å²) in [6.07, 6.45) is 2.55. The first-order chi connectivity index (χ1) is 10.3. The molecule has 110 valence electrons. The predicted molar refractivity (Wildman–Crippen MR) is 78.6 cm³/mol. The summed E-state index contributed by atoms with van der Waals surface area (Å²) in [7, 11) is 1.82. The minimum atomic E-state index is 0.102. The van der Waals surface area contributed by atoms with Gasteiger partial charge >= 0.3 is 0 Å². The monoisotopic (exact) mass is 284 g/mol. The van der Waals surface area contributed by atoms with Gasteiger partial charge < -0.3 is 5.32 Å². The van der Waals surface area contributed by atoms with Gasteiger partial charge in [-0.3, -0.25) is 4.90 Å². The van der Waals surface area contributed by atoms with E-state index in [2.05, 4.69) is 49.9 Å². The lowest BCUT2D eigenvalue weighted by atomic mass is 10.0. The number of nitrogens with zero attached hydrogens (tertiary/aromatic N) is 5. The molecule has 1 aromatic carbocycles. The zero-order chi connectivity index (χ0) is 14.2. The maximum atomic E-state index is 4.47. The van der Waals surface area contributed by atoms with Crippen LogP contribution >= 0.6 is 0 Å². The summed E-state index contributed by atoms with van der Waals surface area (Å²) in [5.74, 6) is 0.796. The number of aryl methyl sites for hydroxylation is 1. The Morgan fingerprint density at radius 1 is 1.14 bits per heavy atom. The SMILES string of the molecule is Cn1nnc(C(c2ccccc2)N2CC3CCC(C2)N3)n1. The highest BCUT2D eigenvalue weighted by Crippen LogP contribution is 2.31. The van der Waals surface area contributed by atoms with Crippen LogP contribution in [0.4, 0.5) is 0 Å². The van der Waals surface area contributed by atoms with Crippen molar-refractivity contribution in [2.75, 3.05) is 13.1 Å². The smallest absolute Gasteiger partial charge is 0.196 e. The maximum Gasteiger partial charge on any atom is 0.196 e. The molecule has 0 aliphatic carbocycles. The third kappa shape index (κ3) is 2.45. The molecule has 0 spiro atoms. The summed E-state index contributed by atoms with van der Waals surface area (Å²) in [6.45, 7) is 2.10. The van der Waals surface area contributed by atoms with Crippen LogP contribution in [0.3, 0.4) is 0 Å². The Kier molecular flexibility index (Phi) is 3.20. The Balaban J connectivity index is 1.70. The summed E-state index contributed by atoms with van der Waals surface area (Å²) in [4.78, 5) is 4.05. The number of tetrazole rings is 1. The Labute approximate surface area is 124 Å². The van der Waals surface area contributed by atoms with Gasteiger partial charge in [-0.25, -0.2) is 0 Å². The molecule has 2 aromatic rings. The summed E-state index contributed by atoms with van der Waals surface area (Å²) in [6, 6.07) is 11.8. The number of piperazine rings is 1. The van der Waals surface area contributed by atoms with Gasteiger partial charge in [0.25, 0.3) is 0 Å². The zero-order valence-corrected chi connectivity index (χ0v) is 12.2. The molecular weight excluding hydrogens is 264 g/mol. The second-order valence-corrected chi connectivity index (χ2v) is 6.04. The van der Waals surface area contributed by atoms with Gasteiger partial charge in [0, 0.05) is 25.2 Å². The van der Waals surface area contributed by atoms with Crippen LogP contribution in [-0.4, -0.2) is 50.3 Å². The van der Waals surface area contributed by atoms with Crippen LogP contribution in [0, 0.1) is 0 Å². The van der Waals surface area contributed by atoms with Crippen LogP contribution in [0.25, 0.3) is 0 Å². The molecule has 3 heterocycles. The van der Waals surface area contributed by atoms with Crippen LogP contribution in [0.2, 0.25) is 0 Å². The van der Waals surface area contributed by atoms with E-state index < -0.39 is 0 Å². The van der Waals surface area contributed by atoms with Gasteiger partial charge in [-0.05, 0) is 23.6 Å². The van der Waals surface area contributed by atoms with Crippen molar-refractivity contribution in [1.29, 1.82) is 0 Å². The van der Waals surface area contributed by atoms with Crippen molar-refractivity contribution in [1.82, 2.24) is 30.4 Å². The molecule has 2 aliphatic heterocycles. The maximum absolute atomic E-state index is 4.47. The molecule has 1 aromatic heterocycles. The lowest BCUT2D eigenvalue weighted by Crippen LogP contribution is -2.52. The Hall–Kier alpha value is -1.79. The number of hydrogen-bond acceptors (Lipinski definition) is 5. The highest BCUT2D eigenvalue weighted by Gasteiger charge is 2.37. The second-order valence-electron chi connectivity index (χ2n) is 6.04. The van der Waals surface area contributed by atoms with E-state index in [4.69, 9.17) is 0 Å². The first-order valence-corrected chi connectivity index (χ1v) is 7.58. The van der Waals surface area contributed by atoms with Crippen LogP contribution in [-0.2, 0) is 7.05 Å². The molecular formula is C15H20N6. The second kappa shape index (κ2) is 5.20. The number of fused-ring (bicyclic) bond motifs is 2. The summed E-state index contributed by atoms with van der Waals surface area (Å²) in [5, 5.41) is 16.4. The standard InChI is InChI=1S/C15H20N6/c1-20-18-15(17-19-20)14(11-5-3-2-4-6-11)21-9-12-7-8-13(10-21)16-12/h2-6,12-14,16H,7-10H2,1H3. The van der Waals surface area contributed by atoms with E-state index in [0.29, 0.717) is 12.1 Å². The molecule has 6 heteroatoms. The summed E-state index contributed by atoms with van der Waals surface area (Å²) >= 11 is 0. The molecule has 1 N–H and O–H groups in total. The number of nitrogens with one attached hydrogen (secondary N) is 1. The minimum Gasteiger partial charge on any atom is -0.309 e. The largest absolute Gasteiger partial charge is 0.309 e. The van der Waals surface area contributed by atoms with E-state index in [0.717, 1.165) is 18.9 Å². The van der Waals surface area contributed by atoms with Crippen molar-refractivity contribution in [2.45, 2.75) is 31.0 Å². The molecule has 0 amide bonds. The fraction of sp³-hybridized carbons (Fsp3) is 0.533. The molecule has 3 unspecified atom stereocenters. The van der Waals surface area contributed by atoms with Crippen LogP contribution in [0.1, 0.15) is 30.3 Å². The third-order valence-electron chi connectivity index (χ3n) is 4.49. The fourth-order valence-electron chi connectivity index (χ4n) is 3.61. The van der Waals surface area contributed by atoms with Crippen molar-refractivity contribution < 1.29 is 0 Å². The Bertz CT molecular complexity index is 598. The molecule has 3 atom stereocenters. The van der Waals surface area contributed by atoms with E-state index in [9.17, 15) is 0 Å². The van der Waals surface area contributed by atoms with Crippen molar-refractivity contribution >= 4 is 0 Å². The van der Waals surface area contributed by atoms with E-state index in [-0.39, 0.29) is 6.04 Å². The Morgan fingerprint density at radius 3 is 2.48 bits per heavy atom. The van der Waals surface area contributed by atoms with Gasteiger partial charge in [-0.15, -0.1) is 10.2 Å². The third-order valence-corrected chi connectivity index (χ3v) is 4.49. The molecule has 2 bridgehead atoms. The lowest BCUT2D eigenvalue weighted by molar-refractivity contribution is 0.155. The van der Waals surface area contributed by atoms with Gasteiger partial charge in [0.05, 0.1) is 13.1 Å². The molecule has 4 rings (SSSR count). The molecule has 21 heavy (non-hydrogen) atoms. The number of likely N-dealkylation sites (tertiary alicyclic amines) is 1. The summed E-state index contributed by atoms with van der Waals surface area (Å²) in [5.41, 5.74) is 1.24. The van der Waals surface area contributed by atoms with Crippen LogP contribution < -0.4 is 5.32 Å². The average molecular weight is 284 g/mol. The normalized spacial score (nSPS) is 26.9. The number of hydrogen-bond donors (Lipinski definition) is 1. The minimum absolute atomic E-state index is 0.102. The molecule has 2 saturated heterocycles. The van der Waals surface area contributed by atoms with E-state index >= 15 is 0 Å². The molecule has 6 nitrogen and oxygen atoms in total. The lowest BCUT2D eigenvalue weighted by Gasteiger charge is -2.37. The van der Waals surface area contributed by atoms with E-state index in [1.165, 1.54) is 18.4 Å². The van der Waals surface area contributed by atoms with Gasteiger partial charge in [-0.2, -0.15) is 4.80 Å². The molecule has 2 aliphatic rings. The Morgan fingerprint density at radius 2 is 1.86 bits per heavy atom. The van der Waals surface area contributed by atoms with Gasteiger partial charge in [0.1, 0.15) is 0 Å². The fourth-order valence-corrected chi connectivity index (χ4v) is 3.61. The van der Waals surface area contributed by atoms with Crippen molar-refractivity contribution in [3.05, 3.63) is 41.7 Å². The molecule has 0 radical (unpaired) electrons. The van der Waals surface area contributed by atoms with Gasteiger partial charge in [0.2, 0.25) is 0 Å². The van der Waals surface area contributed by atoms with Crippen LogP contribution in [0.5, 0.6) is 0 Å². The summed E-state index contributed by atoms with van der Waals surface area (Å²) < 4.78 is 0.